The SMILES string of the molecule is O=C(O)c1ccc2ncc(C3CCS(=O)(=O)CC3)cc2c1. The molecule has 110 valence electrons. The summed E-state index contributed by atoms with van der Waals surface area (Å²) in [4.78, 5) is 15.4. The summed E-state index contributed by atoms with van der Waals surface area (Å²) >= 11 is 0. The molecule has 0 unspecified atom stereocenters. The molecule has 0 spiro atoms. The number of aromatic carboxylic acids is 1. The number of fused-ring (bicyclic) bond motifs is 1. The van der Waals surface area contributed by atoms with E-state index in [0.717, 1.165) is 16.5 Å². The average Bonchev–Trinajstić information content (AvgIpc) is 2.46. The van der Waals surface area contributed by atoms with Gasteiger partial charge in [-0.2, -0.15) is 0 Å². The Kier molecular flexibility index (Phi) is 3.41. The van der Waals surface area contributed by atoms with E-state index in [1.165, 1.54) is 6.07 Å². The van der Waals surface area contributed by atoms with E-state index in [-0.39, 0.29) is 23.0 Å². The Hall–Kier alpha value is -1.95. The number of hydrogen-bond acceptors (Lipinski definition) is 4. The fraction of sp³-hybridized carbons (Fsp3) is 0.333. The van der Waals surface area contributed by atoms with E-state index >= 15 is 0 Å². The number of rotatable bonds is 2. The van der Waals surface area contributed by atoms with Gasteiger partial charge in [0.25, 0.3) is 0 Å². The van der Waals surface area contributed by atoms with E-state index in [1.807, 2.05) is 6.07 Å². The highest BCUT2D eigenvalue weighted by molar-refractivity contribution is 7.91. The van der Waals surface area contributed by atoms with Crippen molar-refractivity contribution >= 4 is 26.7 Å². The van der Waals surface area contributed by atoms with Crippen LogP contribution in [0.4, 0.5) is 0 Å². The second kappa shape index (κ2) is 5.11. The van der Waals surface area contributed by atoms with Gasteiger partial charge in [0.05, 0.1) is 22.6 Å². The lowest BCUT2D eigenvalue weighted by molar-refractivity contribution is 0.0697. The van der Waals surface area contributed by atoms with Crippen molar-refractivity contribution in [3.63, 3.8) is 0 Å². The Balaban J connectivity index is 1.95. The van der Waals surface area contributed by atoms with Crippen LogP contribution in [0.3, 0.4) is 0 Å². The van der Waals surface area contributed by atoms with Gasteiger partial charge >= 0.3 is 5.97 Å². The first kappa shape index (κ1) is 14.0. The molecule has 1 aliphatic rings. The maximum atomic E-state index is 11.5. The van der Waals surface area contributed by atoms with Gasteiger partial charge in [-0.15, -0.1) is 0 Å². The molecule has 3 rings (SSSR count). The van der Waals surface area contributed by atoms with Crippen LogP contribution in [-0.4, -0.2) is 36.0 Å². The van der Waals surface area contributed by atoms with Gasteiger partial charge in [0.1, 0.15) is 9.84 Å². The second-order valence-corrected chi connectivity index (χ2v) is 7.71. The number of nitrogens with zero attached hydrogens (tertiary/aromatic N) is 1. The molecule has 0 amide bonds. The third-order valence-electron chi connectivity index (χ3n) is 3.98. The lowest BCUT2D eigenvalue weighted by atomic mass is 9.94. The summed E-state index contributed by atoms with van der Waals surface area (Å²) in [5, 5.41) is 9.81. The molecular formula is C15H15NO4S. The molecule has 0 radical (unpaired) electrons. The molecule has 1 aromatic heterocycles. The zero-order chi connectivity index (χ0) is 15.0. The van der Waals surface area contributed by atoms with Crippen molar-refractivity contribution in [3.8, 4) is 0 Å². The van der Waals surface area contributed by atoms with Crippen LogP contribution in [0.5, 0.6) is 0 Å². The molecular weight excluding hydrogens is 290 g/mol. The van der Waals surface area contributed by atoms with Gasteiger partial charge in [0, 0.05) is 11.6 Å². The summed E-state index contributed by atoms with van der Waals surface area (Å²) in [5.74, 6) is -0.361. The van der Waals surface area contributed by atoms with Gasteiger partial charge in [-0.05, 0) is 48.6 Å². The summed E-state index contributed by atoms with van der Waals surface area (Å²) in [6.45, 7) is 0. The van der Waals surface area contributed by atoms with Gasteiger partial charge in [0.2, 0.25) is 0 Å². The van der Waals surface area contributed by atoms with Crippen LogP contribution in [0, 0.1) is 0 Å². The molecule has 5 nitrogen and oxygen atoms in total. The molecule has 1 saturated heterocycles. The first-order chi connectivity index (χ1) is 9.94. The second-order valence-electron chi connectivity index (χ2n) is 5.41. The number of aromatic nitrogens is 1. The van der Waals surface area contributed by atoms with Crippen molar-refractivity contribution in [2.75, 3.05) is 11.5 Å². The van der Waals surface area contributed by atoms with Crippen molar-refractivity contribution < 1.29 is 18.3 Å². The summed E-state index contributed by atoms with van der Waals surface area (Å²) < 4.78 is 23.0. The summed E-state index contributed by atoms with van der Waals surface area (Å²) in [7, 11) is -2.88. The number of hydrogen-bond donors (Lipinski definition) is 1. The first-order valence-corrected chi connectivity index (χ1v) is 8.60. The van der Waals surface area contributed by atoms with Crippen molar-refractivity contribution in [1.29, 1.82) is 0 Å². The fourth-order valence-electron chi connectivity index (χ4n) is 2.73. The predicted molar refractivity (Wildman–Crippen MR) is 79.3 cm³/mol. The molecule has 0 atom stereocenters. The molecule has 21 heavy (non-hydrogen) atoms. The van der Waals surface area contributed by atoms with Gasteiger partial charge in [0.15, 0.2) is 0 Å². The van der Waals surface area contributed by atoms with Crippen molar-refractivity contribution in [1.82, 2.24) is 4.98 Å². The van der Waals surface area contributed by atoms with Crippen molar-refractivity contribution in [3.05, 3.63) is 41.6 Å². The Morgan fingerprint density at radius 1 is 1.19 bits per heavy atom. The molecule has 1 fully saturated rings. The Bertz CT molecular complexity index is 800. The van der Waals surface area contributed by atoms with Crippen LogP contribution in [0.25, 0.3) is 10.9 Å². The molecule has 2 aromatic rings. The van der Waals surface area contributed by atoms with Gasteiger partial charge < -0.3 is 5.11 Å². The lowest BCUT2D eigenvalue weighted by Gasteiger charge is -2.22. The van der Waals surface area contributed by atoms with Crippen LogP contribution < -0.4 is 0 Å². The third-order valence-corrected chi connectivity index (χ3v) is 5.69. The number of carboxylic acids is 1. The summed E-state index contributed by atoms with van der Waals surface area (Å²) in [6.07, 6.45) is 2.98. The van der Waals surface area contributed by atoms with E-state index in [4.69, 9.17) is 5.11 Å². The van der Waals surface area contributed by atoms with Gasteiger partial charge in [-0.25, -0.2) is 13.2 Å². The Morgan fingerprint density at radius 2 is 1.90 bits per heavy atom. The zero-order valence-electron chi connectivity index (χ0n) is 11.3. The molecule has 0 aliphatic carbocycles. The lowest BCUT2D eigenvalue weighted by Crippen LogP contribution is -2.22. The van der Waals surface area contributed by atoms with E-state index in [1.54, 1.807) is 18.3 Å². The Labute approximate surface area is 122 Å². The first-order valence-electron chi connectivity index (χ1n) is 6.78. The summed E-state index contributed by atoms with van der Waals surface area (Å²) in [5.41, 5.74) is 1.96. The quantitative estimate of drug-likeness (QED) is 0.919. The highest BCUT2D eigenvalue weighted by atomic mass is 32.2. The number of pyridine rings is 1. The number of carboxylic acid groups (broad SMARTS) is 1. The molecule has 6 heteroatoms. The van der Waals surface area contributed by atoms with Crippen molar-refractivity contribution in [2.45, 2.75) is 18.8 Å². The van der Waals surface area contributed by atoms with E-state index in [9.17, 15) is 13.2 Å². The standard InChI is InChI=1S/C15H15NO4S/c17-15(18)11-1-2-14-12(7-11)8-13(9-16-14)10-3-5-21(19,20)6-4-10/h1-2,7-10H,3-6H2,(H,17,18). The number of carbonyl (C=O) groups is 1. The molecule has 1 N–H and O–H groups in total. The predicted octanol–water partition coefficient (Wildman–Crippen LogP) is 2.23. The average molecular weight is 305 g/mol. The highest BCUT2D eigenvalue weighted by Crippen LogP contribution is 2.30. The number of sulfone groups is 1. The van der Waals surface area contributed by atoms with Crippen LogP contribution >= 0.6 is 0 Å². The van der Waals surface area contributed by atoms with Crippen LogP contribution in [0.1, 0.15) is 34.7 Å². The van der Waals surface area contributed by atoms with Crippen LogP contribution in [0.15, 0.2) is 30.5 Å². The van der Waals surface area contributed by atoms with Gasteiger partial charge in [-0.3, -0.25) is 4.98 Å². The minimum atomic E-state index is -2.88. The van der Waals surface area contributed by atoms with Crippen LogP contribution in [-0.2, 0) is 9.84 Å². The third kappa shape index (κ3) is 2.90. The molecule has 2 heterocycles. The summed E-state index contributed by atoms with van der Waals surface area (Å²) in [6, 6.07) is 6.75. The maximum Gasteiger partial charge on any atom is 0.335 e. The minimum absolute atomic E-state index is 0.180. The number of benzene rings is 1. The fourth-order valence-corrected chi connectivity index (χ4v) is 4.22. The Morgan fingerprint density at radius 3 is 2.57 bits per heavy atom. The zero-order valence-corrected chi connectivity index (χ0v) is 12.1. The largest absolute Gasteiger partial charge is 0.478 e. The smallest absolute Gasteiger partial charge is 0.335 e. The van der Waals surface area contributed by atoms with Gasteiger partial charge in [-0.1, -0.05) is 0 Å². The minimum Gasteiger partial charge on any atom is -0.478 e. The molecule has 1 aromatic carbocycles. The monoisotopic (exact) mass is 305 g/mol. The van der Waals surface area contributed by atoms with E-state index < -0.39 is 15.8 Å². The topological polar surface area (TPSA) is 84.3 Å². The molecule has 0 saturated carbocycles. The van der Waals surface area contributed by atoms with Crippen LogP contribution in [0.2, 0.25) is 0 Å². The molecule has 1 aliphatic heterocycles. The highest BCUT2D eigenvalue weighted by Gasteiger charge is 2.25. The normalized spacial score (nSPS) is 18.7. The molecule has 0 bridgehead atoms. The van der Waals surface area contributed by atoms with E-state index in [0.29, 0.717) is 12.8 Å². The van der Waals surface area contributed by atoms with Crippen molar-refractivity contribution in [2.24, 2.45) is 0 Å². The maximum absolute atomic E-state index is 11.5. The van der Waals surface area contributed by atoms with E-state index in [2.05, 4.69) is 4.98 Å².